The molecule has 0 aliphatic rings. The maximum atomic E-state index is 11.7. The molecule has 0 heterocycles. The summed E-state index contributed by atoms with van der Waals surface area (Å²) in [6, 6.07) is 4.75. The van der Waals surface area contributed by atoms with Gasteiger partial charge < -0.3 is 10.1 Å². The molecule has 0 aliphatic carbocycles. The number of hydrogen-bond donors (Lipinski definition) is 1. The highest BCUT2D eigenvalue weighted by Gasteiger charge is 2.15. The van der Waals surface area contributed by atoms with Crippen LogP contribution in [0.5, 0.6) is 0 Å². The topological polar surface area (TPSA) is 55.4 Å². The van der Waals surface area contributed by atoms with Crippen molar-refractivity contribution in [1.82, 2.24) is 5.32 Å². The lowest BCUT2D eigenvalue weighted by Crippen LogP contribution is -2.31. The first-order valence-electron chi connectivity index (χ1n) is 6.22. The molecule has 4 nitrogen and oxygen atoms in total. The van der Waals surface area contributed by atoms with Crippen LogP contribution < -0.4 is 5.32 Å². The van der Waals surface area contributed by atoms with Crippen molar-refractivity contribution in [2.45, 2.75) is 26.8 Å². The number of nitrogens with one attached hydrogen (secondary N) is 1. The number of esters is 1. The predicted octanol–water partition coefficient (Wildman–Crippen LogP) is 3.37. The molecule has 6 heteroatoms. The van der Waals surface area contributed by atoms with Crippen molar-refractivity contribution in [3.63, 3.8) is 0 Å². The summed E-state index contributed by atoms with van der Waals surface area (Å²) in [6.07, 6.45) is 0. The number of hydrogen-bond acceptors (Lipinski definition) is 3. The lowest BCUT2D eigenvalue weighted by Gasteiger charge is -2.16. The average Bonchev–Trinajstić information content (AvgIpc) is 2.35. The summed E-state index contributed by atoms with van der Waals surface area (Å²) in [5.74, 6) is -1.04. The van der Waals surface area contributed by atoms with Gasteiger partial charge in [-0.05, 0) is 24.6 Å². The van der Waals surface area contributed by atoms with Crippen LogP contribution >= 0.6 is 23.2 Å². The molecule has 0 aromatic heterocycles. The predicted molar refractivity (Wildman–Crippen MR) is 78.8 cm³/mol. The van der Waals surface area contributed by atoms with Crippen LogP contribution in [0.1, 0.15) is 32.4 Å². The van der Waals surface area contributed by atoms with Crippen LogP contribution in [-0.4, -0.2) is 18.5 Å². The largest absolute Gasteiger partial charge is 0.455 e. The zero-order chi connectivity index (χ0) is 15.3. The fourth-order valence-electron chi connectivity index (χ4n) is 1.52. The molecular formula is C14H17Cl2NO3. The van der Waals surface area contributed by atoms with Crippen LogP contribution in [0.4, 0.5) is 0 Å². The summed E-state index contributed by atoms with van der Waals surface area (Å²) in [7, 11) is 0. The highest BCUT2D eigenvalue weighted by atomic mass is 35.5. The number of carbonyl (C=O) groups is 2. The van der Waals surface area contributed by atoms with Gasteiger partial charge in [-0.3, -0.25) is 9.59 Å². The molecule has 0 radical (unpaired) electrons. The maximum absolute atomic E-state index is 11.7. The van der Waals surface area contributed by atoms with Crippen molar-refractivity contribution in [3.05, 3.63) is 33.8 Å². The molecule has 0 bridgehead atoms. The molecule has 1 N–H and O–H groups in total. The maximum Gasteiger partial charge on any atom is 0.308 e. The molecule has 0 saturated carbocycles. The number of carbonyl (C=O) groups excluding carboxylic acids is 2. The highest BCUT2D eigenvalue weighted by Crippen LogP contribution is 2.25. The minimum atomic E-state index is -0.405. The van der Waals surface area contributed by atoms with Gasteiger partial charge >= 0.3 is 5.97 Å². The van der Waals surface area contributed by atoms with Gasteiger partial charge in [0.15, 0.2) is 6.61 Å². The van der Waals surface area contributed by atoms with Crippen LogP contribution in [0.15, 0.2) is 18.2 Å². The molecule has 0 spiro atoms. The van der Waals surface area contributed by atoms with Gasteiger partial charge in [0.25, 0.3) is 5.91 Å². The SMILES string of the molecule is CC(C)C(=O)OCC(=O)NC(C)c1ccc(Cl)cc1Cl. The van der Waals surface area contributed by atoms with E-state index in [-0.39, 0.29) is 24.5 Å². The Kier molecular flexibility index (Phi) is 6.30. The molecular weight excluding hydrogens is 301 g/mol. The van der Waals surface area contributed by atoms with Gasteiger partial charge in [0.05, 0.1) is 12.0 Å². The third kappa shape index (κ3) is 5.02. The second-order valence-electron chi connectivity index (χ2n) is 4.72. The third-order valence-electron chi connectivity index (χ3n) is 2.62. The van der Waals surface area contributed by atoms with E-state index in [2.05, 4.69) is 5.32 Å². The number of ether oxygens (including phenoxy) is 1. The van der Waals surface area contributed by atoms with E-state index in [1.165, 1.54) is 0 Å². The summed E-state index contributed by atoms with van der Waals surface area (Å²) >= 11 is 11.9. The van der Waals surface area contributed by atoms with Gasteiger partial charge in [-0.15, -0.1) is 0 Å². The van der Waals surface area contributed by atoms with E-state index in [0.29, 0.717) is 10.0 Å². The van der Waals surface area contributed by atoms with E-state index in [4.69, 9.17) is 27.9 Å². The van der Waals surface area contributed by atoms with E-state index < -0.39 is 5.97 Å². The van der Waals surface area contributed by atoms with E-state index in [9.17, 15) is 9.59 Å². The first-order chi connectivity index (χ1) is 9.31. The molecule has 110 valence electrons. The highest BCUT2D eigenvalue weighted by molar-refractivity contribution is 6.35. The summed E-state index contributed by atoms with van der Waals surface area (Å²) in [6.45, 7) is 4.90. The zero-order valence-corrected chi connectivity index (χ0v) is 13.1. The van der Waals surface area contributed by atoms with Crippen molar-refractivity contribution in [3.8, 4) is 0 Å². The number of benzene rings is 1. The minimum absolute atomic E-state index is 0.258. The molecule has 1 amide bonds. The second kappa shape index (κ2) is 7.50. The molecule has 20 heavy (non-hydrogen) atoms. The lowest BCUT2D eigenvalue weighted by molar-refractivity contribution is -0.151. The first-order valence-corrected chi connectivity index (χ1v) is 6.97. The van der Waals surface area contributed by atoms with Gasteiger partial charge in [-0.25, -0.2) is 0 Å². The Labute approximate surface area is 128 Å². The molecule has 1 aromatic rings. The van der Waals surface area contributed by atoms with Gasteiger partial charge in [-0.2, -0.15) is 0 Å². The first kappa shape index (κ1) is 16.8. The Bertz CT molecular complexity index is 503. The van der Waals surface area contributed by atoms with Crippen molar-refractivity contribution in [2.24, 2.45) is 5.92 Å². The van der Waals surface area contributed by atoms with Crippen LogP contribution in [0, 0.1) is 5.92 Å². The van der Waals surface area contributed by atoms with Gasteiger partial charge in [0.1, 0.15) is 0 Å². The van der Waals surface area contributed by atoms with Gasteiger partial charge in [-0.1, -0.05) is 43.1 Å². The molecule has 1 unspecified atom stereocenters. The smallest absolute Gasteiger partial charge is 0.308 e. The Morgan fingerprint density at radius 2 is 1.90 bits per heavy atom. The molecule has 1 aromatic carbocycles. The zero-order valence-electron chi connectivity index (χ0n) is 11.6. The van der Waals surface area contributed by atoms with Crippen molar-refractivity contribution in [1.29, 1.82) is 0 Å². The fraction of sp³-hybridized carbons (Fsp3) is 0.429. The van der Waals surface area contributed by atoms with E-state index in [0.717, 1.165) is 5.56 Å². The quantitative estimate of drug-likeness (QED) is 0.847. The summed E-state index contributed by atoms with van der Waals surface area (Å²) in [4.78, 5) is 22.9. The average molecular weight is 318 g/mol. The van der Waals surface area contributed by atoms with Gasteiger partial charge in [0.2, 0.25) is 0 Å². The van der Waals surface area contributed by atoms with Crippen LogP contribution in [0.25, 0.3) is 0 Å². The standard InChI is InChI=1S/C14H17Cl2NO3/c1-8(2)14(19)20-7-13(18)17-9(3)11-5-4-10(15)6-12(11)16/h4-6,8-9H,7H2,1-3H3,(H,17,18). The normalized spacial score (nSPS) is 12.1. The molecule has 0 saturated heterocycles. The van der Waals surface area contributed by atoms with Crippen LogP contribution in [0.2, 0.25) is 10.0 Å². The molecule has 1 rings (SSSR count). The Morgan fingerprint density at radius 1 is 1.25 bits per heavy atom. The number of amides is 1. The van der Waals surface area contributed by atoms with Crippen molar-refractivity contribution >= 4 is 35.1 Å². The number of halogens is 2. The van der Waals surface area contributed by atoms with Crippen molar-refractivity contribution < 1.29 is 14.3 Å². The van der Waals surface area contributed by atoms with Gasteiger partial charge in [0, 0.05) is 10.0 Å². The Balaban J connectivity index is 2.55. The molecule has 1 atom stereocenters. The van der Waals surface area contributed by atoms with Crippen molar-refractivity contribution in [2.75, 3.05) is 6.61 Å². The fourth-order valence-corrected chi connectivity index (χ4v) is 2.09. The Morgan fingerprint density at radius 3 is 2.45 bits per heavy atom. The monoisotopic (exact) mass is 317 g/mol. The lowest BCUT2D eigenvalue weighted by atomic mass is 10.1. The van der Waals surface area contributed by atoms with E-state index >= 15 is 0 Å². The van der Waals surface area contributed by atoms with E-state index in [1.54, 1.807) is 39.0 Å². The summed E-state index contributed by atoms with van der Waals surface area (Å²) < 4.78 is 4.85. The summed E-state index contributed by atoms with van der Waals surface area (Å²) in [5.41, 5.74) is 0.750. The van der Waals surface area contributed by atoms with E-state index in [1.807, 2.05) is 0 Å². The van der Waals surface area contributed by atoms with Crippen LogP contribution in [0.3, 0.4) is 0 Å². The summed E-state index contributed by atoms with van der Waals surface area (Å²) in [5, 5.41) is 3.71. The Hall–Kier alpha value is -1.26. The van der Waals surface area contributed by atoms with Crippen LogP contribution in [-0.2, 0) is 14.3 Å². The third-order valence-corrected chi connectivity index (χ3v) is 3.19. The second-order valence-corrected chi connectivity index (χ2v) is 5.56. The molecule has 0 fully saturated rings. The number of rotatable bonds is 5. The minimum Gasteiger partial charge on any atom is -0.455 e. The molecule has 0 aliphatic heterocycles.